The van der Waals surface area contributed by atoms with Crippen LogP contribution in [-0.2, 0) is 16.1 Å². The zero-order chi connectivity index (χ0) is 21.1. The molecule has 2 N–H and O–H groups in total. The van der Waals surface area contributed by atoms with Crippen molar-refractivity contribution < 1.29 is 19.3 Å². The number of aliphatic hydroxyl groups is 1. The van der Waals surface area contributed by atoms with Gasteiger partial charge in [0.15, 0.2) is 0 Å². The van der Waals surface area contributed by atoms with E-state index in [9.17, 15) is 14.7 Å². The number of likely N-dealkylation sites (tertiary alicyclic amines) is 1. The molecule has 1 amide bonds. The Labute approximate surface area is 181 Å². The molecule has 0 spiro atoms. The number of Topliss-reactive ketones (excluding diaryl/α,β-unsaturated/α-hetero) is 1. The molecule has 1 fully saturated rings. The van der Waals surface area contributed by atoms with Crippen LogP contribution in [0.25, 0.3) is 5.76 Å². The maximum atomic E-state index is 12.9. The molecule has 0 radical (unpaired) electrons. The number of halogens is 1. The number of hydrogen-bond acceptors (Lipinski definition) is 4. The highest BCUT2D eigenvalue weighted by molar-refractivity contribution is 9.10. The standard InChI is InChI=1S/C22H19BrN4O3/c23-17-6-4-15(5-7-17)20(28)18-19(16-3-1-8-24-13-16)27(22(30)21(18)29)11-2-10-26-12-9-25-14-26/h1,3-9,12-14,19H,2,10-11H2,(H,28,29)/p+1. The molecular formula is C22H20BrN4O3+. The number of hydrogen-bond donors (Lipinski definition) is 2. The minimum Gasteiger partial charge on any atom is -0.507 e. The van der Waals surface area contributed by atoms with E-state index in [1.807, 2.05) is 29.4 Å². The fraction of sp³-hybridized carbons (Fsp3) is 0.182. The first-order valence-electron chi connectivity index (χ1n) is 9.52. The van der Waals surface area contributed by atoms with Gasteiger partial charge in [-0.2, -0.15) is 0 Å². The van der Waals surface area contributed by atoms with Crippen molar-refractivity contribution in [3.05, 3.63) is 88.7 Å². The molecule has 0 saturated carbocycles. The summed E-state index contributed by atoms with van der Waals surface area (Å²) in [6.07, 6.45) is 9.47. The number of H-pyrrole nitrogens is 1. The number of nitrogens with one attached hydrogen (secondary N) is 1. The Morgan fingerprint density at radius 1 is 1.23 bits per heavy atom. The second-order valence-electron chi connectivity index (χ2n) is 6.99. The van der Waals surface area contributed by atoms with Crippen molar-refractivity contribution in [2.24, 2.45) is 0 Å². The molecule has 1 aliphatic rings. The molecule has 3 heterocycles. The van der Waals surface area contributed by atoms with Gasteiger partial charge < -0.3 is 10.0 Å². The number of nitrogens with zero attached hydrogens (tertiary/aromatic N) is 3. The number of aromatic nitrogens is 3. The summed E-state index contributed by atoms with van der Waals surface area (Å²) in [4.78, 5) is 34.4. The van der Waals surface area contributed by atoms with Gasteiger partial charge in [0.2, 0.25) is 6.33 Å². The van der Waals surface area contributed by atoms with Crippen LogP contribution in [0.2, 0.25) is 0 Å². The van der Waals surface area contributed by atoms with Gasteiger partial charge in [-0.3, -0.25) is 19.6 Å². The number of ketones is 1. The van der Waals surface area contributed by atoms with Crippen LogP contribution in [0.15, 0.2) is 77.6 Å². The largest absolute Gasteiger partial charge is 0.507 e. The van der Waals surface area contributed by atoms with Crippen molar-refractivity contribution in [2.75, 3.05) is 6.54 Å². The molecule has 2 aromatic heterocycles. The highest BCUT2D eigenvalue weighted by atomic mass is 79.9. The lowest BCUT2D eigenvalue weighted by atomic mass is 9.96. The Balaban J connectivity index is 1.71. The summed E-state index contributed by atoms with van der Waals surface area (Å²) in [6.45, 7) is 1.07. The van der Waals surface area contributed by atoms with Crippen molar-refractivity contribution in [3.63, 3.8) is 0 Å². The Morgan fingerprint density at radius 2 is 2.03 bits per heavy atom. The Hall–Kier alpha value is -3.26. The van der Waals surface area contributed by atoms with E-state index >= 15 is 0 Å². The fourth-order valence-electron chi connectivity index (χ4n) is 3.64. The SMILES string of the molecule is O=C1C(=O)N(CCC[n+]2cc[nH]c2)C(c2cccnc2)/C1=C(\O)c1ccc(Br)cc1. The van der Waals surface area contributed by atoms with E-state index in [-0.39, 0.29) is 11.3 Å². The number of amides is 1. The first-order chi connectivity index (χ1) is 14.6. The lowest BCUT2D eigenvalue weighted by Crippen LogP contribution is -2.36. The van der Waals surface area contributed by atoms with E-state index in [2.05, 4.69) is 25.9 Å². The van der Waals surface area contributed by atoms with Crippen molar-refractivity contribution in [3.8, 4) is 0 Å². The average Bonchev–Trinajstić information content (AvgIpc) is 3.37. The maximum absolute atomic E-state index is 12.9. The van der Waals surface area contributed by atoms with Crippen LogP contribution in [0.1, 0.15) is 23.6 Å². The molecule has 7 nitrogen and oxygen atoms in total. The van der Waals surface area contributed by atoms with Gasteiger partial charge in [0.05, 0.1) is 18.2 Å². The topological polar surface area (TPSA) is 90.2 Å². The second kappa shape index (κ2) is 8.62. The van der Waals surface area contributed by atoms with Crippen molar-refractivity contribution in [1.29, 1.82) is 0 Å². The first kappa shape index (κ1) is 20.0. The number of aromatic amines is 1. The van der Waals surface area contributed by atoms with Crippen LogP contribution in [0.3, 0.4) is 0 Å². The third kappa shape index (κ3) is 3.91. The van der Waals surface area contributed by atoms with Crippen molar-refractivity contribution in [1.82, 2.24) is 14.9 Å². The van der Waals surface area contributed by atoms with Crippen LogP contribution in [0, 0.1) is 0 Å². The molecule has 0 bridgehead atoms. The monoisotopic (exact) mass is 467 g/mol. The second-order valence-corrected chi connectivity index (χ2v) is 7.90. The molecule has 0 aliphatic carbocycles. The third-order valence-corrected chi connectivity index (χ3v) is 5.60. The molecule has 8 heteroatoms. The van der Waals surface area contributed by atoms with Gasteiger partial charge in [0.25, 0.3) is 11.7 Å². The Kier molecular flexibility index (Phi) is 5.76. The van der Waals surface area contributed by atoms with Crippen LogP contribution in [0.5, 0.6) is 0 Å². The van der Waals surface area contributed by atoms with Crippen LogP contribution in [-0.4, -0.2) is 38.2 Å². The minimum atomic E-state index is -0.682. The molecule has 1 atom stereocenters. The number of benzene rings is 1. The predicted octanol–water partition coefficient (Wildman–Crippen LogP) is 2.97. The van der Waals surface area contributed by atoms with Crippen molar-refractivity contribution in [2.45, 2.75) is 19.0 Å². The molecule has 1 aliphatic heterocycles. The minimum absolute atomic E-state index is 0.0876. The lowest BCUT2D eigenvalue weighted by molar-refractivity contribution is -0.695. The zero-order valence-electron chi connectivity index (χ0n) is 16.0. The van der Waals surface area contributed by atoms with Gasteiger partial charge in [0, 0.05) is 35.4 Å². The quantitative estimate of drug-likeness (QED) is 0.252. The maximum Gasteiger partial charge on any atom is 0.295 e. The van der Waals surface area contributed by atoms with Crippen molar-refractivity contribution >= 4 is 33.4 Å². The summed E-state index contributed by atoms with van der Waals surface area (Å²) in [6, 6.07) is 9.84. The molecule has 3 aromatic rings. The summed E-state index contributed by atoms with van der Waals surface area (Å²) < 4.78 is 2.82. The molecule has 30 heavy (non-hydrogen) atoms. The van der Waals surface area contributed by atoms with Crippen LogP contribution < -0.4 is 4.57 Å². The van der Waals surface area contributed by atoms with Gasteiger partial charge in [0.1, 0.15) is 18.2 Å². The van der Waals surface area contributed by atoms with Crippen LogP contribution in [0.4, 0.5) is 0 Å². The number of aryl methyl sites for hydroxylation is 1. The zero-order valence-corrected chi connectivity index (χ0v) is 17.6. The van der Waals surface area contributed by atoms with Gasteiger partial charge in [-0.1, -0.05) is 34.1 Å². The molecule has 4 rings (SSSR count). The van der Waals surface area contributed by atoms with E-state index in [0.29, 0.717) is 30.6 Å². The summed E-state index contributed by atoms with van der Waals surface area (Å²) in [5.74, 6) is -1.47. The van der Waals surface area contributed by atoms with Gasteiger partial charge >= 0.3 is 0 Å². The molecular weight excluding hydrogens is 448 g/mol. The van der Waals surface area contributed by atoms with E-state index in [4.69, 9.17) is 0 Å². The predicted molar refractivity (Wildman–Crippen MR) is 113 cm³/mol. The normalized spacial score (nSPS) is 18.2. The van der Waals surface area contributed by atoms with E-state index in [1.165, 1.54) is 4.90 Å². The van der Waals surface area contributed by atoms with Crippen LogP contribution >= 0.6 is 15.9 Å². The number of carbonyl (C=O) groups is 2. The number of imidazole rings is 1. The Morgan fingerprint density at radius 3 is 2.70 bits per heavy atom. The molecule has 1 aromatic carbocycles. The number of carbonyl (C=O) groups excluding carboxylic acids is 2. The molecule has 1 unspecified atom stereocenters. The van der Waals surface area contributed by atoms with Gasteiger partial charge in [-0.05, 0) is 23.8 Å². The summed E-state index contributed by atoms with van der Waals surface area (Å²) in [7, 11) is 0. The molecule has 1 saturated heterocycles. The number of pyridine rings is 1. The summed E-state index contributed by atoms with van der Waals surface area (Å²) in [5.41, 5.74) is 1.25. The number of aliphatic hydroxyl groups excluding tert-OH is 1. The van der Waals surface area contributed by atoms with Gasteiger partial charge in [-0.25, -0.2) is 4.57 Å². The van der Waals surface area contributed by atoms with E-state index < -0.39 is 17.7 Å². The lowest BCUT2D eigenvalue weighted by Gasteiger charge is -2.24. The van der Waals surface area contributed by atoms with E-state index in [1.54, 1.807) is 42.7 Å². The first-order valence-corrected chi connectivity index (χ1v) is 10.3. The summed E-state index contributed by atoms with van der Waals surface area (Å²) >= 11 is 3.36. The fourth-order valence-corrected chi connectivity index (χ4v) is 3.91. The smallest absolute Gasteiger partial charge is 0.295 e. The highest BCUT2D eigenvalue weighted by Gasteiger charge is 2.45. The average molecular weight is 468 g/mol. The summed E-state index contributed by atoms with van der Waals surface area (Å²) in [5, 5.41) is 11.0. The van der Waals surface area contributed by atoms with E-state index in [0.717, 1.165) is 4.47 Å². The number of rotatable bonds is 6. The third-order valence-electron chi connectivity index (χ3n) is 5.08. The highest BCUT2D eigenvalue weighted by Crippen LogP contribution is 2.39. The van der Waals surface area contributed by atoms with Gasteiger partial charge in [-0.15, -0.1) is 0 Å². The Bertz CT molecular complexity index is 1080. The molecule has 152 valence electrons.